The number of carbonyl (C=O) groups excluding carboxylic acids is 1. The molecule has 0 unspecified atom stereocenters. The van der Waals surface area contributed by atoms with Crippen molar-refractivity contribution in [3.63, 3.8) is 0 Å². The lowest BCUT2D eigenvalue weighted by atomic mass is 9.92. The Balaban J connectivity index is 1.59. The van der Waals surface area contributed by atoms with Gasteiger partial charge in [-0.1, -0.05) is 29.3 Å². The zero-order chi connectivity index (χ0) is 22.4. The fourth-order valence-electron chi connectivity index (χ4n) is 4.83. The predicted octanol–water partition coefficient (Wildman–Crippen LogP) is 5.54. The van der Waals surface area contributed by atoms with Crippen LogP contribution in [0.3, 0.4) is 0 Å². The molecule has 2 aliphatic rings. The van der Waals surface area contributed by atoms with E-state index in [1.807, 2.05) is 23.2 Å². The minimum atomic E-state index is -0.119. The van der Waals surface area contributed by atoms with Gasteiger partial charge in [0.05, 0.1) is 21.2 Å². The molecule has 0 bridgehead atoms. The van der Waals surface area contributed by atoms with Crippen molar-refractivity contribution in [2.75, 3.05) is 31.6 Å². The summed E-state index contributed by atoms with van der Waals surface area (Å²) in [6.45, 7) is 2.90. The summed E-state index contributed by atoms with van der Waals surface area (Å²) in [5.74, 6) is 0.569. The van der Waals surface area contributed by atoms with Crippen LogP contribution in [0.5, 0.6) is 5.75 Å². The molecule has 2 aliphatic heterocycles. The van der Waals surface area contributed by atoms with E-state index in [1.165, 1.54) is 0 Å². The van der Waals surface area contributed by atoms with Crippen LogP contribution in [0.4, 0.5) is 5.69 Å². The lowest BCUT2D eigenvalue weighted by Gasteiger charge is -2.36. The van der Waals surface area contributed by atoms with Gasteiger partial charge in [0, 0.05) is 24.5 Å². The smallest absolute Gasteiger partial charge is 0.227 e. The van der Waals surface area contributed by atoms with E-state index in [-0.39, 0.29) is 21.7 Å². The first-order valence-electron chi connectivity index (χ1n) is 11.0. The zero-order valence-corrected chi connectivity index (χ0v) is 19.5. The van der Waals surface area contributed by atoms with Gasteiger partial charge in [-0.05, 0) is 86.3 Å². The van der Waals surface area contributed by atoms with Gasteiger partial charge in [-0.15, -0.1) is 0 Å². The summed E-state index contributed by atoms with van der Waals surface area (Å²) in [6.07, 6.45) is 5.36. The Bertz CT molecular complexity index is 1180. The van der Waals surface area contributed by atoms with Crippen LogP contribution in [0.25, 0.3) is 22.0 Å². The van der Waals surface area contributed by atoms with Crippen LogP contribution in [0.15, 0.2) is 36.5 Å². The number of nitrogens with zero attached hydrogens (tertiary/aromatic N) is 3. The van der Waals surface area contributed by atoms with E-state index >= 15 is 0 Å². The first-order valence-corrected chi connectivity index (χ1v) is 11.7. The number of phenolic OH excluding ortho intramolecular Hbond substituents is 1. The van der Waals surface area contributed by atoms with Gasteiger partial charge in [0.1, 0.15) is 0 Å². The van der Waals surface area contributed by atoms with Crippen LogP contribution in [0.1, 0.15) is 24.8 Å². The standard InChI is InChI=1S/C25H25Cl2N3O2/c1-29-8-6-15(7-9-29)14-30-23(31)5-3-17-13-28-22-4-2-16(10-19(22)24(17)30)18-11-20(26)25(32)21(27)12-18/h2,4,10-13,15,32H,3,5-9,14H2,1H3. The minimum Gasteiger partial charge on any atom is -0.505 e. The molecule has 5 nitrogen and oxygen atoms in total. The summed E-state index contributed by atoms with van der Waals surface area (Å²) in [4.78, 5) is 22.1. The van der Waals surface area contributed by atoms with E-state index in [1.54, 1.807) is 12.1 Å². The highest BCUT2D eigenvalue weighted by atomic mass is 35.5. The van der Waals surface area contributed by atoms with Gasteiger partial charge in [0.15, 0.2) is 5.75 Å². The predicted molar refractivity (Wildman–Crippen MR) is 130 cm³/mol. The number of fused-ring (bicyclic) bond motifs is 3. The topological polar surface area (TPSA) is 56.7 Å². The fraction of sp³-hybridized carbons (Fsp3) is 0.360. The molecule has 5 rings (SSSR count). The first-order chi connectivity index (χ1) is 15.4. The molecule has 3 heterocycles. The molecule has 0 spiro atoms. The van der Waals surface area contributed by atoms with Gasteiger partial charge in [-0.3, -0.25) is 9.78 Å². The third kappa shape index (κ3) is 3.94. The molecule has 2 aromatic carbocycles. The molecule has 1 aromatic heterocycles. The number of carbonyl (C=O) groups is 1. The maximum absolute atomic E-state index is 13.1. The number of pyridine rings is 1. The van der Waals surface area contributed by atoms with Gasteiger partial charge >= 0.3 is 0 Å². The Kier molecular flexibility index (Phi) is 5.74. The molecule has 0 radical (unpaired) electrons. The number of aromatic hydroxyl groups is 1. The second-order valence-corrected chi connectivity index (χ2v) is 9.72. The quantitative estimate of drug-likeness (QED) is 0.547. The molecule has 0 saturated carbocycles. The van der Waals surface area contributed by atoms with Gasteiger partial charge in [0.25, 0.3) is 0 Å². The maximum Gasteiger partial charge on any atom is 0.227 e. The van der Waals surface area contributed by atoms with Crippen molar-refractivity contribution in [3.8, 4) is 16.9 Å². The van der Waals surface area contributed by atoms with Crippen LogP contribution in [-0.2, 0) is 11.2 Å². The van der Waals surface area contributed by atoms with Crippen molar-refractivity contribution in [3.05, 3.63) is 52.1 Å². The van der Waals surface area contributed by atoms with Crippen LogP contribution < -0.4 is 4.90 Å². The number of hydrogen-bond donors (Lipinski definition) is 1. The number of anilines is 1. The van der Waals surface area contributed by atoms with Crippen molar-refractivity contribution in [2.24, 2.45) is 5.92 Å². The van der Waals surface area contributed by atoms with Crippen LogP contribution >= 0.6 is 23.2 Å². The number of likely N-dealkylation sites (tertiary alicyclic amines) is 1. The van der Waals surface area contributed by atoms with E-state index in [2.05, 4.69) is 23.0 Å². The summed E-state index contributed by atoms with van der Waals surface area (Å²) in [6, 6.07) is 9.39. The summed E-state index contributed by atoms with van der Waals surface area (Å²) >= 11 is 12.3. The molecule has 1 saturated heterocycles. The Hall–Kier alpha value is -2.34. The molecule has 0 aliphatic carbocycles. The minimum absolute atomic E-state index is 0.119. The molecule has 32 heavy (non-hydrogen) atoms. The third-order valence-corrected chi connectivity index (χ3v) is 7.30. The fourth-order valence-corrected chi connectivity index (χ4v) is 5.32. The van der Waals surface area contributed by atoms with Gasteiger partial charge in [-0.2, -0.15) is 0 Å². The Morgan fingerprint density at radius 1 is 1.06 bits per heavy atom. The molecule has 7 heteroatoms. The lowest BCUT2D eigenvalue weighted by molar-refractivity contribution is -0.119. The van der Waals surface area contributed by atoms with E-state index in [0.29, 0.717) is 18.8 Å². The first kappa shape index (κ1) is 21.5. The van der Waals surface area contributed by atoms with E-state index in [9.17, 15) is 9.90 Å². The van der Waals surface area contributed by atoms with Crippen molar-refractivity contribution in [1.82, 2.24) is 9.88 Å². The Morgan fingerprint density at radius 3 is 2.50 bits per heavy atom. The van der Waals surface area contributed by atoms with E-state index in [0.717, 1.165) is 65.8 Å². The highest BCUT2D eigenvalue weighted by Gasteiger charge is 2.30. The molecule has 1 N–H and O–H groups in total. The van der Waals surface area contributed by atoms with Gasteiger partial charge in [-0.25, -0.2) is 0 Å². The van der Waals surface area contributed by atoms with Crippen molar-refractivity contribution < 1.29 is 9.90 Å². The normalized spacial score (nSPS) is 17.7. The van der Waals surface area contributed by atoms with Gasteiger partial charge < -0.3 is 14.9 Å². The molecule has 1 fully saturated rings. The Morgan fingerprint density at radius 2 is 1.78 bits per heavy atom. The summed E-state index contributed by atoms with van der Waals surface area (Å²) in [5, 5.41) is 11.3. The van der Waals surface area contributed by atoms with Crippen molar-refractivity contribution >= 4 is 45.7 Å². The van der Waals surface area contributed by atoms with Crippen LogP contribution in [-0.4, -0.2) is 47.6 Å². The van der Waals surface area contributed by atoms with E-state index in [4.69, 9.17) is 23.2 Å². The highest BCUT2D eigenvalue weighted by Crippen LogP contribution is 2.40. The van der Waals surface area contributed by atoms with Crippen molar-refractivity contribution in [2.45, 2.75) is 25.7 Å². The number of aromatic nitrogens is 1. The van der Waals surface area contributed by atoms with Crippen molar-refractivity contribution in [1.29, 1.82) is 0 Å². The number of benzene rings is 2. The number of hydrogen-bond acceptors (Lipinski definition) is 4. The second-order valence-electron chi connectivity index (χ2n) is 8.90. The zero-order valence-electron chi connectivity index (χ0n) is 17.9. The highest BCUT2D eigenvalue weighted by molar-refractivity contribution is 6.37. The average Bonchev–Trinajstić information content (AvgIpc) is 2.79. The number of halogens is 2. The van der Waals surface area contributed by atoms with E-state index < -0.39 is 0 Å². The number of aryl methyl sites for hydroxylation is 1. The lowest BCUT2D eigenvalue weighted by Crippen LogP contribution is -2.42. The number of piperidine rings is 1. The van der Waals surface area contributed by atoms with Gasteiger partial charge in [0.2, 0.25) is 5.91 Å². The molecule has 0 atom stereocenters. The molecule has 3 aromatic rings. The van der Waals surface area contributed by atoms with Crippen LogP contribution in [0.2, 0.25) is 10.0 Å². The summed E-state index contributed by atoms with van der Waals surface area (Å²) in [5.41, 5.74) is 4.67. The number of amides is 1. The summed E-state index contributed by atoms with van der Waals surface area (Å²) in [7, 11) is 2.15. The molecular formula is C25H25Cl2N3O2. The molecule has 166 valence electrons. The third-order valence-electron chi connectivity index (χ3n) is 6.72. The largest absolute Gasteiger partial charge is 0.505 e. The average molecular weight is 470 g/mol. The Labute approximate surface area is 197 Å². The maximum atomic E-state index is 13.1. The number of phenols is 1. The second kappa shape index (κ2) is 8.54. The molecular weight excluding hydrogens is 445 g/mol. The SMILES string of the molecule is CN1CCC(CN2C(=O)CCc3cnc4ccc(-c5cc(Cl)c(O)c(Cl)c5)cc4c32)CC1. The van der Waals surface area contributed by atoms with Crippen LogP contribution in [0, 0.1) is 5.92 Å². The summed E-state index contributed by atoms with van der Waals surface area (Å²) < 4.78 is 0. The number of rotatable bonds is 3. The monoisotopic (exact) mass is 469 g/mol. The molecule has 1 amide bonds.